The summed E-state index contributed by atoms with van der Waals surface area (Å²) in [5, 5.41) is 12.2. The molecule has 0 aliphatic rings. The number of nitrogens with zero attached hydrogens (tertiary/aromatic N) is 1. The van der Waals surface area contributed by atoms with Gasteiger partial charge in [0.25, 0.3) is 0 Å². The molecule has 2 rings (SSSR count). The Labute approximate surface area is 112 Å². The van der Waals surface area contributed by atoms with E-state index in [1.54, 1.807) is 24.5 Å². The third-order valence-corrected chi connectivity index (χ3v) is 2.83. The van der Waals surface area contributed by atoms with Gasteiger partial charge in [-0.15, -0.1) is 0 Å². The number of carbonyl (C=O) groups excluding carboxylic acids is 1. The molecule has 1 atom stereocenters. The Morgan fingerprint density at radius 2 is 1.84 bits per heavy atom. The number of aliphatic hydroxyl groups excluding tert-OH is 1. The Morgan fingerprint density at radius 1 is 1.16 bits per heavy atom. The van der Waals surface area contributed by atoms with Crippen LogP contribution in [0.1, 0.15) is 17.2 Å². The highest BCUT2D eigenvalue weighted by Crippen LogP contribution is 2.11. The molecule has 0 radical (unpaired) electrons. The van der Waals surface area contributed by atoms with Crippen molar-refractivity contribution in [3.8, 4) is 0 Å². The van der Waals surface area contributed by atoms with E-state index in [4.69, 9.17) is 0 Å². The molecule has 1 aromatic heterocycles. The van der Waals surface area contributed by atoms with Crippen molar-refractivity contribution in [2.45, 2.75) is 12.5 Å². The van der Waals surface area contributed by atoms with Crippen LogP contribution in [0.4, 0.5) is 0 Å². The highest BCUT2D eigenvalue weighted by atomic mass is 16.3. The van der Waals surface area contributed by atoms with Gasteiger partial charge in [0.2, 0.25) is 5.91 Å². The van der Waals surface area contributed by atoms with Crippen molar-refractivity contribution in [3.05, 3.63) is 66.0 Å². The van der Waals surface area contributed by atoms with Gasteiger partial charge in [0.05, 0.1) is 19.1 Å². The van der Waals surface area contributed by atoms with E-state index in [0.717, 1.165) is 11.1 Å². The third kappa shape index (κ3) is 3.89. The van der Waals surface area contributed by atoms with Crippen LogP contribution in [0.5, 0.6) is 0 Å². The Morgan fingerprint density at radius 3 is 2.47 bits per heavy atom. The van der Waals surface area contributed by atoms with Gasteiger partial charge in [0.15, 0.2) is 0 Å². The van der Waals surface area contributed by atoms with Gasteiger partial charge in [0, 0.05) is 12.4 Å². The molecule has 98 valence electrons. The summed E-state index contributed by atoms with van der Waals surface area (Å²) in [6.45, 7) is -0.119. The molecule has 4 heteroatoms. The lowest BCUT2D eigenvalue weighted by Crippen LogP contribution is -2.31. The van der Waals surface area contributed by atoms with Gasteiger partial charge in [-0.05, 0) is 23.3 Å². The Hall–Kier alpha value is -2.20. The minimum atomic E-state index is -0.365. The number of hydrogen-bond donors (Lipinski definition) is 2. The zero-order valence-electron chi connectivity index (χ0n) is 10.5. The maximum atomic E-state index is 11.9. The standard InChI is InChI=1S/C15H16N2O2/c18-11-14(13-4-2-1-3-5-13)17-15(19)10-12-6-8-16-9-7-12/h1-9,14,18H,10-11H2,(H,17,19)/t14-/m0/s1. The van der Waals surface area contributed by atoms with E-state index >= 15 is 0 Å². The van der Waals surface area contributed by atoms with Crippen LogP contribution >= 0.6 is 0 Å². The summed E-state index contributed by atoms with van der Waals surface area (Å²) in [5.74, 6) is -0.117. The molecule has 0 saturated carbocycles. The minimum absolute atomic E-state index is 0.117. The second-order valence-electron chi connectivity index (χ2n) is 4.25. The van der Waals surface area contributed by atoms with Crippen molar-refractivity contribution in [1.29, 1.82) is 0 Å². The quantitative estimate of drug-likeness (QED) is 0.851. The Kier molecular flexibility index (Phi) is 4.64. The Balaban J connectivity index is 1.97. The average molecular weight is 256 g/mol. The van der Waals surface area contributed by atoms with Gasteiger partial charge in [-0.1, -0.05) is 30.3 Å². The summed E-state index contributed by atoms with van der Waals surface area (Å²) in [7, 11) is 0. The Bertz CT molecular complexity index is 514. The summed E-state index contributed by atoms with van der Waals surface area (Å²) in [4.78, 5) is 15.8. The number of nitrogens with one attached hydrogen (secondary N) is 1. The third-order valence-electron chi connectivity index (χ3n) is 2.83. The number of hydrogen-bond acceptors (Lipinski definition) is 3. The first-order valence-corrected chi connectivity index (χ1v) is 6.13. The highest BCUT2D eigenvalue weighted by molar-refractivity contribution is 5.79. The smallest absolute Gasteiger partial charge is 0.224 e. The fraction of sp³-hybridized carbons (Fsp3) is 0.200. The molecule has 0 aliphatic carbocycles. The highest BCUT2D eigenvalue weighted by Gasteiger charge is 2.13. The second-order valence-corrected chi connectivity index (χ2v) is 4.25. The molecule has 0 aliphatic heterocycles. The zero-order valence-corrected chi connectivity index (χ0v) is 10.5. The summed E-state index contributed by atoms with van der Waals surface area (Å²) in [5.41, 5.74) is 1.80. The van der Waals surface area contributed by atoms with Crippen molar-refractivity contribution in [2.75, 3.05) is 6.61 Å². The number of aliphatic hydroxyl groups is 1. The summed E-state index contributed by atoms with van der Waals surface area (Å²) in [6.07, 6.45) is 3.60. The lowest BCUT2D eigenvalue weighted by atomic mass is 10.1. The number of pyridine rings is 1. The molecule has 0 saturated heterocycles. The minimum Gasteiger partial charge on any atom is -0.394 e. The van der Waals surface area contributed by atoms with E-state index in [1.807, 2.05) is 30.3 Å². The normalized spacial score (nSPS) is 11.8. The van der Waals surface area contributed by atoms with Gasteiger partial charge in [0.1, 0.15) is 0 Å². The van der Waals surface area contributed by atoms with Gasteiger partial charge >= 0.3 is 0 Å². The van der Waals surface area contributed by atoms with Crippen LogP contribution in [0.3, 0.4) is 0 Å². The van der Waals surface area contributed by atoms with Crippen molar-refractivity contribution < 1.29 is 9.90 Å². The van der Waals surface area contributed by atoms with Crippen molar-refractivity contribution in [1.82, 2.24) is 10.3 Å². The predicted molar refractivity (Wildman–Crippen MR) is 72.4 cm³/mol. The number of rotatable bonds is 5. The fourth-order valence-electron chi connectivity index (χ4n) is 1.85. The molecule has 4 nitrogen and oxygen atoms in total. The topological polar surface area (TPSA) is 62.2 Å². The van der Waals surface area contributed by atoms with Gasteiger partial charge < -0.3 is 10.4 Å². The zero-order chi connectivity index (χ0) is 13.5. The van der Waals surface area contributed by atoms with E-state index in [2.05, 4.69) is 10.3 Å². The van der Waals surface area contributed by atoms with Gasteiger partial charge in [-0.3, -0.25) is 9.78 Å². The molecule has 1 heterocycles. The van der Waals surface area contributed by atoms with Gasteiger partial charge in [-0.25, -0.2) is 0 Å². The number of carbonyl (C=O) groups is 1. The first-order valence-electron chi connectivity index (χ1n) is 6.13. The second kappa shape index (κ2) is 6.66. The molecule has 0 spiro atoms. The van der Waals surface area contributed by atoms with Crippen molar-refractivity contribution in [2.24, 2.45) is 0 Å². The van der Waals surface area contributed by atoms with Crippen molar-refractivity contribution >= 4 is 5.91 Å². The first-order chi connectivity index (χ1) is 9.29. The van der Waals surface area contributed by atoms with Crippen LogP contribution in [0, 0.1) is 0 Å². The van der Waals surface area contributed by atoms with Crippen LogP contribution in [-0.2, 0) is 11.2 Å². The van der Waals surface area contributed by atoms with E-state index in [1.165, 1.54) is 0 Å². The molecule has 0 bridgehead atoms. The summed E-state index contributed by atoms with van der Waals surface area (Å²) < 4.78 is 0. The molecule has 1 amide bonds. The summed E-state index contributed by atoms with van der Waals surface area (Å²) in [6, 6.07) is 12.7. The number of aromatic nitrogens is 1. The van der Waals surface area contributed by atoms with Crippen LogP contribution < -0.4 is 5.32 Å². The van der Waals surface area contributed by atoms with E-state index in [9.17, 15) is 9.90 Å². The van der Waals surface area contributed by atoms with Crippen LogP contribution in [0.15, 0.2) is 54.9 Å². The summed E-state index contributed by atoms with van der Waals surface area (Å²) >= 11 is 0. The number of benzene rings is 1. The van der Waals surface area contributed by atoms with Gasteiger partial charge in [-0.2, -0.15) is 0 Å². The number of amides is 1. The van der Waals surface area contributed by atoms with Crippen LogP contribution in [0.25, 0.3) is 0 Å². The monoisotopic (exact) mass is 256 g/mol. The predicted octanol–water partition coefficient (Wildman–Crippen LogP) is 1.47. The molecule has 2 N–H and O–H groups in total. The van der Waals surface area contributed by atoms with Crippen LogP contribution in [-0.4, -0.2) is 22.6 Å². The van der Waals surface area contributed by atoms with E-state index in [0.29, 0.717) is 0 Å². The molecule has 0 fully saturated rings. The van der Waals surface area contributed by atoms with E-state index in [-0.39, 0.29) is 25.0 Å². The SMILES string of the molecule is O=C(Cc1ccncc1)N[C@@H](CO)c1ccccc1. The fourth-order valence-corrected chi connectivity index (χ4v) is 1.85. The molecule has 2 aromatic rings. The first kappa shape index (κ1) is 13.2. The molecule has 0 unspecified atom stereocenters. The molecular formula is C15H16N2O2. The largest absolute Gasteiger partial charge is 0.394 e. The lowest BCUT2D eigenvalue weighted by molar-refractivity contribution is -0.121. The molecular weight excluding hydrogens is 240 g/mol. The van der Waals surface area contributed by atoms with Crippen molar-refractivity contribution in [3.63, 3.8) is 0 Å². The molecule has 1 aromatic carbocycles. The van der Waals surface area contributed by atoms with E-state index < -0.39 is 0 Å². The lowest BCUT2D eigenvalue weighted by Gasteiger charge is -2.16. The average Bonchev–Trinajstić information content (AvgIpc) is 2.47. The molecule has 19 heavy (non-hydrogen) atoms. The maximum absolute atomic E-state index is 11.9. The van der Waals surface area contributed by atoms with Crippen LogP contribution in [0.2, 0.25) is 0 Å². The maximum Gasteiger partial charge on any atom is 0.224 e.